The van der Waals surface area contributed by atoms with Crippen molar-refractivity contribution in [1.29, 1.82) is 0 Å². The van der Waals surface area contributed by atoms with Crippen molar-refractivity contribution in [3.63, 3.8) is 0 Å². The summed E-state index contributed by atoms with van der Waals surface area (Å²) < 4.78 is 4.30. The van der Waals surface area contributed by atoms with Crippen molar-refractivity contribution in [1.82, 2.24) is 4.98 Å². The molecule has 0 fully saturated rings. The number of benzene rings is 1. The van der Waals surface area contributed by atoms with E-state index >= 15 is 0 Å². The minimum atomic E-state index is -0.932. The Morgan fingerprint density at radius 2 is 2.06 bits per heavy atom. The predicted molar refractivity (Wildman–Crippen MR) is 62.4 cm³/mol. The highest BCUT2D eigenvalue weighted by Crippen LogP contribution is 2.15. The molecule has 0 aliphatic rings. The van der Waals surface area contributed by atoms with Gasteiger partial charge in [-0.3, -0.25) is 9.78 Å². The monoisotopic (exact) mass is 230 g/mol. The maximum Gasteiger partial charge on any atom is 0.396 e. The van der Waals surface area contributed by atoms with E-state index in [1.165, 1.54) is 6.20 Å². The summed E-state index contributed by atoms with van der Waals surface area (Å²) >= 11 is 0. The molecule has 0 aliphatic heterocycles. The third-order valence-electron chi connectivity index (χ3n) is 2.22. The number of nitrogens with zero attached hydrogens (tertiary/aromatic N) is 1. The zero-order valence-electron chi connectivity index (χ0n) is 9.14. The summed E-state index contributed by atoms with van der Waals surface area (Å²) in [5.74, 6) is -1.75. The first kappa shape index (κ1) is 11.1. The highest BCUT2D eigenvalue weighted by atomic mass is 16.5. The Hall–Kier alpha value is -2.43. The van der Waals surface area contributed by atoms with Crippen LogP contribution in [0.3, 0.4) is 0 Å². The number of pyridine rings is 1. The van der Waals surface area contributed by atoms with E-state index in [1.54, 1.807) is 6.07 Å². The number of fused-ring (bicyclic) bond motifs is 1. The highest BCUT2D eigenvalue weighted by Gasteiger charge is 2.13. The van der Waals surface area contributed by atoms with Crippen LogP contribution in [0.1, 0.15) is 0 Å². The summed E-state index contributed by atoms with van der Waals surface area (Å²) in [6.45, 7) is 0. The Morgan fingerprint density at radius 3 is 2.82 bits per heavy atom. The lowest BCUT2D eigenvalue weighted by Gasteiger charge is -2.04. The third-order valence-corrected chi connectivity index (χ3v) is 2.22. The number of hydrogen-bond acceptors (Lipinski definition) is 4. The van der Waals surface area contributed by atoms with Crippen molar-refractivity contribution in [2.75, 3.05) is 12.4 Å². The van der Waals surface area contributed by atoms with Crippen LogP contribution in [-0.2, 0) is 14.3 Å². The third kappa shape index (κ3) is 2.39. The first-order valence-electron chi connectivity index (χ1n) is 4.95. The number of ether oxygens (including phenoxy) is 1. The minimum Gasteiger partial charge on any atom is -0.462 e. The van der Waals surface area contributed by atoms with Crippen LogP contribution in [0.5, 0.6) is 0 Å². The molecule has 1 aromatic carbocycles. The number of aromatic nitrogens is 1. The van der Waals surface area contributed by atoms with Crippen LogP contribution in [-0.4, -0.2) is 24.0 Å². The van der Waals surface area contributed by atoms with E-state index in [9.17, 15) is 9.59 Å². The summed E-state index contributed by atoms with van der Waals surface area (Å²) in [6, 6.07) is 9.22. The first-order chi connectivity index (χ1) is 8.20. The normalized spacial score (nSPS) is 9.94. The molecule has 17 heavy (non-hydrogen) atoms. The van der Waals surface area contributed by atoms with Crippen molar-refractivity contribution in [3.05, 3.63) is 36.5 Å². The second kappa shape index (κ2) is 4.61. The number of methoxy groups -OCH3 is 1. The van der Waals surface area contributed by atoms with Gasteiger partial charge >= 0.3 is 11.9 Å². The van der Waals surface area contributed by atoms with Gasteiger partial charge in [0.25, 0.3) is 0 Å². The summed E-state index contributed by atoms with van der Waals surface area (Å²) in [7, 11) is 1.15. The molecule has 0 unspecified atom stereocenters. The lowest BCUT2D eigenvalue weighted by atomic mass is 10.2. The number of rotatable bonds is 1. The molecular weight excluding hydrogens is 220 g/mol. The summed E-state index contributed by atoms with van der Waals surface area (Å²) in [4.78, 5) is 26.3. The molecule has 0 spiro atoms. The van der Waals surface area contributed by atoms with Crippen LogP contribution in [0.15, 0.2) is 36.5 Å². The Balaban J connectivity index is 2.25. The SMILES string of the molecule is COC(=O)C(=O)Nc1cnc2ccccc2c1. The van der Waals surface area contributed by atoms with Crippen LogP contribution < -0.4 is 5.32 Å². The maximum atomic E-state index is 11.3. The van der Waals surface area contributed by atoms with Gasteiger partial charge in [0, 0.05) is 5.39 Å². The van der Waals surface area contributed by atoms with Gasteiger partial charge in [0.2, 0.25) is 0 Å². The number of carbonyl (C=O) groups excluding carboxylic acids is 2. The first-order valence-corrected chi connectivity index (χ1v) is 4.95. The van der Waals surface area contributed by atoms with Crippen molar-refractivity contribution >= 4 is 28.5 Å². The van der Waals surface area contributed by atoms with E-state index in [4.69, 9.17) is 0 Å². The molecule has 0 radical (unpaired) electrons. The predicted octanol–water partition coefficient (Wildman–Crippen LogP) is 1.35. The molecule has 0 saturated carbocycles. The standard InChI is InChI=1S/C12H10N2O3/c1-17-12(16)11(15)14-9-6-8-4-2-3-5-10(8)13-7-9/h2-7H,1H3,(H,14,15). The summed E-state index contributed by atoms with van der Waals surface area (Å²) in [5.41, 5.74) is 1.28. The van der Waals surface area contributed by atoms with Crippen LogP contribution in [0, 0.1) is 0 Å². The summed E-state index contributed by atoms with van der Waals surface area (Å²) in [5, 5.41) is 3.29. The van der Waals surface area contributed by atoms with Crippen molar-refractivity contribution < 1.29 is 14.3 Å². The van der Waals surface area contributed by atoms with E-state index in [0.29, 0.717) is 5.69 Å². The molecule has 0 atom stereocenters. The second-order valence-electron chi connectivity index (χ2n) is 3.36. The molecule has 0 aliphatic carbocycles. The quantitative estimate of drug-likeness (QED) is 0.593. The molecule has 0 saturated heterocycles. The Kier molecular flexibility index (Phi) is 3.00. The van der Waals surface area contributed by atoms with Gasteiger partial charge in [0.05, 0.1) is 24.5 Å². The largest absolute Gasteiger partial charge is 0.462 e. The Bertz CT molecular complexity index is 581. The Labute approximate surface area is 97.4 Å². The number of amides is 1. The van der Waals surface area contributed by atoms with Gasteiger partial charge in [-0.15, -0.1) is 0 Å². The van der Waals surface area contributed by atoms with Gasteiger partial charge in [-0.05, 0) is 12.1 Å². The average Bonchev–Trinajstić information content (AvgIpc) is 2.37. The number of hydrogen-bond donors (Lipinski definition) is 1. The Morgan fingerprint density at radius 1 is 1.29 bits per heavy atom. The number of carbonyl (C=O) groups is 2. The average molecular weight is 230 g/mol. The fourth-order valence-electron chi connectivity index (χ4n) is 1.41. The van der Waals surface area contributed by atoms with Crippen LogP contribution in [0.25, 0.3) is 10.9 Å². The van der Waals surface area contributed by atoms with Crippen LogP contribution in [0.4, 0.5) is 5.69 Å². The lowest BCUT2D eigenvalue weighted by Crippen LogP contribution is -2.23. The molecule has 5 heteroatoms. The zero-order chi connectivity index (χ0) is 12.3. The zero-order valence-corrected chi connectivity index (χ0v) is 9.14. The molecule has 1 N–H and O–H groups in total. The van der Waals surface area contributed by atoms with Crippen molar-refractivity contribution in [2.24, 2.45) is 0 Å². The molecule has 1 heterocycles. The van der Waals surface area contributed by atoms with Crippen molar-refractivity contribution in [2.45, 2.75) is 0 Å². The topological polar surface area (TPSA) is 68.3 Å². The maximum absolute atomic E-state index is 11.3. The molecule has 86 valence electrons. The van der Waals surface area contributed by atoms with E-state index in [2.05, 4.69) is 15.0 Å². The fourth-order valence-corrected chi connectivity index (χ4v) is 1.41. The molecule has 2 rings (SSSR count). The minimum absolute atomic E-state index is 0.458. The fraction of sp³-hybridized carbons (Fsp3) is 0.0833. The number of esters is 1. The number of para-hydroxylation sites is 1. The van der Waals surface area contributed by atoms with Gasteiger partial charge in [-0.25, -0.2) is 4.79 Å². The molecular formula is C12H10N2O3. The van der Waals surface area contributed by atoms with E-state index in [0.717, 1.165) is 18.0 Å². The van der Waals surface area contributed by atoms with Crippen LogP contribution >= 0.6 is 0 Å². The van der Waals surface area contributed by atoms with E-state index in [-0.39, 0.29) is 0 Å². The van der Waals surface area contributed by atoms with E-state index < -0.39 is 11.9 Å². The smallest absolute Gasteiger partial charge is 0.396 e. The molecule has 5 nitrogen and oxygen atoms in total. The molecule has 1 amide bonds. The highest BCUT2D eigenvalue weighted by molar-refractivity contribution is 6.37. The van der Waals surface area contributed by atoms with E-state index in [1.807, 2.05) is 24.3 Å². The van der Waals surface area contributed by atoms with Crippen molar-refractivity contribution in [3.8, 4) is 0 Å². The van der Waals surface area contributed by atoms with Gasteiger partial charge < -0.3 is 10.1 Å². The number of nitrogens with one attached hydrogen (secondary N) is 1. The van der Waals surface area contributed by atoms with Gasteiger partial charge in [0.1, 0.15) is 0 Å². The number of anilines is 1. The van der Waals surface area contributed by atoms with Gasteiger partial charge in [-0.2, -0.15) is 0 Å². The molecule has 1 aromatic heterocycles. The van der Waals surface area contributed by atoms with Gasteiger partial charge in [-0.1, -0.05) is 18.2 Å². The molecule has 0 bridgehead atoms. The lowest BCUT2D eigenvalue weighted by molar-refractivity contribution is -0.150. The summed E-state index contributed by atoms with van der Waals surface area (Å²) in [6.07, 6.45) is 1.49. The second-order valence-corrected chi connectivity index (χ2v) is 3.36. The molecule has 2 aromatic rings. The van der Waals surface area contributed by atoms with Gasteiger partial charge in [0.15, 0.2) is 0 Å². The van der Waals surface area contributed by atoms with Crippen LogP contribution in [0.2, 0.25) is 0 Å².